The van der Waals surface area contributed by atoms with E-state index in [4.69, 9.17) is 10.5 Å². The summed E-state index contributed by atoms with van der Waals surface area (Å²) in [6.45, 7) is -0.153. The molecule has 1 aliphatic rings. The second kappa shape index (κ2) is 6.31. The number of hydrogen-bond acceptors (Lipinski definition) is 10. The number of nitrogens with zero attached hydrogens (tertiary/aromatic N) is 5. The highest BCUT2D eigenvalue weighted by atomic mass is 16.6. The number of nitrogens with two attached hydrogens (primary N) is 1. The molecule has 1 saturated heterocycles. The van der Waals surface area contributed by atoms with Crippen LogP contribution in [0.15, 0.2) is 17.9 Å². The quantitative estimate of drug-likeness (QED) is 0.310. The van der Waals surface area contributed by atoms with Crippen molar-refractivity contribution in [1.82, 2.24) is 30.3 Å². The number of aliphatic hydroxyl groups is 2. The molecule has 0 bridgehead atoms. The number of aliphatic hydroxyl groups excluding tert-OH is 2. The maximum atomic E-state index is 11.1. The fourth-order valence-corrected chi connectivity index (χ4v) is 2.46. The second-order valence-corrected chi connectivity index (χ2v) is 5.04. The number of ether oxygens (including phenoxy) is 1. The monoisotopic (exact) mass is 338 g/mol. The minimum Gasteiger partial charge on any atom is -0.387 e. The molecule has 3 rings (SSSR count). The van der Waals surface area contributed by atoms with Crippen LogP contribution < -0.4 is 16.5 Å². The molecule has 4 atom stereocenters. The Balaban J connectivity index is 1.78. The lowest BCUT2D eigenvalue weighted by Crippen LogP contribution is -2.42. The van der Waals surface area contributed by atoms with Gasteiger partial charge in [0.2, 0.25) is 0 Å². The zero-order valence-electron chi connectivity index (χ0n) is 12.1. The van der Waals surface area contributed by atoms with Gasteiger partial charge in [-0.15, -0.1) is 4.91 Å². The van der Waals surface area contributed by atoms with Gasteiger partial charge in [0.1, 0.15) is 30.2 Å². The number of imidazole rings is 1. The maximum Gasteiger partial charge on any atom is 0.337 e. The first-order valence-electron chi connectivity index (χ1n) is 6.83. The topological polar surface area (TPSA) is 190 Å². The van der Waals surface area contributed by atoms with E-state index < -0.39 is 30.6 Å². The Morgan fingerprint density at radius 2 is 2.17 bits per heavy atom. The number of hydrogen-bond donors (Lipinski definition) is 5. The van der Waals surface area contributed by atoms with Gasteiger partial charge in [-0.05, 0) is 0 Å². The second-order valence-electron chi connectivity index (χ2n) is 5.04. The zero-order chi connectivity index (χ0) is 17.3. The van der Waals surface area contributed by atoms with Crippen molar-refractivity contribution >= 4 is 23.0 Å². The molecule has 1 unspecified atom stereocenters. The number of carbonyl (C=O) groups excluding carboxylic acids is 1. The fraction of sp³-hybridized carbons (Fsp3) is 0.455. The van der Waals surface area contributed by atoms with Crippen LogP contribution in [0.25, 0.3) is 11.2 Å². The van der Waals surface area contributed by atoms with Gasteiger partial charge in [-0.25, -0.2) is 19.7 Å². The van der Waals surface area contributed by atoms with Crippen molar-refractivity contribution in [3.8, 4) is 0 Å². The third-order valence-corrected chi connectivity index (χ3v) is 3.61. The van der Waals surface area contributed by atoms with Crippen molar-refractivity contribution in [2.24, 2.45) is 5.29 Å². The van der Waals surface area contributed by atoms with Crippen LogP contribution in [0.5, 0.6) is 0 Å². The van der Waals surface area contributed by atoms with E-state index in [0.29, 0.717) is 11.2 Å². The largest absolute Gasteiger partial charge is 0.387 e. The molecule has 24 heavy (non-hydrogen) atoms. The zero-order valence-corrected chi connectivity index (χ0v) is 12.1. The number of nitroso groups, excluding NO2 is 1. The van der Waals surface area contributed by atoms with Crippen LogP contribution in [-0.2, 0) is 4.74 Å². The molecule has 1 aliphatic heterocycles. The minimum atomic E-state index is -1.29. The Morgan fingerprint density at radius 3 is 2.92 bits per heavy atom. The van der Waals surface area contributed by atoms with Crippen LogP contribution in [0, 0.1) is 4.91 Å². The molecule has 0 aromatic carbocycles. The number of aromatic nitrogens is 4. The highest BCUT2D eigenvalue weighted by Gasteiger charge is 2.44. The van der Waals surface area contributed by atoms with E-state index >= 15 is 0 Å². The van der Waals surface area contributed by atoms with Crippen molar-refractivity contribution < 1.29 is 19.7 Å². The number of nitrogens with one attached hydrogen (secondary N) is 2. The van der Waals surface area contributed by atoms with Crippen molar-refractivity contribution in [1.29, 1.82) is 0 Å². The summed E-state index contributed by atoms with van der Waals surface area (Å²) in [5.74, 6) is 0.169. The minimum absolute atomic E-state index is 0.153. The van der Waals surface area contributed by atoms with Crippen molar-refractivity contribution in [2.75, 3.05) is 12.3 Å². The number of rotatable bonds is 4. The SMILES string of the molecule is Nc1ncnc2c1ncn2C1O[C@H](CNC(=O)NN=O)[C@@H](O)[C@H]1O. The molecular weight excluding hydrogens is 324 g/mol. The summed E-state index contributed by atoms with van der Waals surface area (Å²) in [7, 11) is 0. The standard InChI is InChI=1S/C11H14N8O5/c12-8-5-9(15-2-14-8)19(3-16-5)10-7(21)6(20)4(24-10)1-13-11(22)17-18-23/h2-4,6-7,10,20-21H,1H2,(H2,12,14,15)(H2,13,17,22,23)/t4-,6-,7-,10?/m1/s1. The Hall–Kier alpha value is -2.90. The van der Waals surface area contributed by atoms with Gasteiger partial charge in [0, 0.05) is 6.54 Å². The van der Waals surface area contributed by atoms with Crippen LogP contribution in [-0.4, -0.2) is 60.6 Å². The molecule has 2 aromatic rings. The first kappa shape index (κ1) is 16.0. The predicted octanol–water partition coefficient (Wildman–Crippen LogP) is -1.99. The van der Waals surface area contributed by atoms with Crippen LogP contribution in [0.3, 0.4) is 0 Å². The van der Waals surface area contributed by atoms with E-state index in [1.54, 1.807) is 5.43 Å². The van der Waals surface area contributed by atoms with Crippen LogP contribution in [0.1, 0.15) is 6.23 Å². The molecule has 13 nitrogen and oxygen atoms in total. The highest BCUT2D eigenvalue weighted by molar-refractivity contribution is 5.81. The Bertz CT molecular complexity index is 766. The summed E-state index contributed by atoms with van der Waals surface area (Å²) in [6, 6.07) is -0.854. The molecule has 2 amide bonds. The Kier molecular flexibility index (Phi) is 4.20. The number of anilines is 1. The maximum absolute atomic E-state index is 11.1. The lowest BCUT2D eigenvalue weighted by molar-refractivity contribution is -0.0335. The molecule has 13 heteroatoms. The predicted molar refractivity (Wildman–Crippen MR) is 78.0 cm³/mol. The lowest BCUT2D eigenvalue weighted by atomic mass is 10.1. The van der Waals surface area contributed by atoms with Gasteiger partial charge in [-0.1, -0.05) is 0 Å². The molecule has 128 valence electrons. The molecular formula is C11H14N8O5. The van der Waals surface area contributed by atoms with Gasteiger partial charge in [0.25, 0.3) is 0 Å². The third-order valence-electron chi connectivity index (χ3n) is 3.61. The van der Waals surface area contributed by atoms with Crippen molar-refractivity contribution in [2.45, 2.75) is 24.5 Å². The first-order chi connectivity index (χ1) is 11.5. The summed E-state index contributed by atoms with van der Waals surface area (Å²) in [6.07, 6.45) is -1.88. The van der Waals surface area contributed by atoms with Crippen LogP contribution >= 0.6 is 0 Å². The summed E-state index contributed by atoms with van der Waals surface area (Å²) in [5.41, 5.74) is 8.00. The smallest absolute Gasteiger partial charge is 0.337 e. The van der Waals surface area contributed by atoms with Crippen LogP contribution in [0.2, 0.25) is 0 Å². The fourth-order valence-electron chi connectivity index (χ4n) is 2.46. The highest BCUT2D eigenvalue weighted by Crippen LogP contribution is 2.31. The van der Waals surface area contributed by atoms with Gasteiger partial charge in [0.15, 0.2) is 17.7 Å². The van der Waals surface area contributed by atoms with Gasteiger partial charge >= 0.3 is 6.03 Å². The molecule has 0 aliphatic carbocycles. The van der Waals surface area contributed by atoms with Gasteiger partial charge in [-0.3, -0.25) is 4.57 Å². The van der Waals surface area contributed by atoms with Gasteiger partial charge in [0.05, 0.1) is 11.6 Å². The first-order valence-corrected chi connectivity index (χ1v) is 6.83. The van der Waals surface area contributed by atoms with E-state index in [9.17, 15) is 19.9 Å². The summed E-state index contributed by atoms with van der Waals surface area (Å²) in [4.78, 5) is 33.0. The van der Waals surface area contributed by atoms with E-state index in [2.05, 4.69) is 25.6 Å². The van der Waals surface area contributed by atoms with Gasteiger partial charge in [-0.2, -0.15) is 5.43 Å². The molecule has 0 spiro atoms. The summed E-state index contributed by atoms with van der Waals surface area (Å²) in [5, 5.41) is 24.8. The van der Waals surface area contributed by atoms with Crippen LogP contribution in [0.4, 0.5) is 10.6 Å². The number of urea groups is 1. The average molecular weight is 338 g/mol. The third kappa shape index (κ3) is 2.70. The van der Waals surface area contributed by atoms with E-state index in [1.807, 2.05) is 0 Å². The number of carbonyl (C=O) groups is 1. The lowest BCUT2D eigenvalue weighted by Gasteiger charge is -2.16. The normalized spacial score (nSPS) is 26.4. The average Bonchev–Trinajstić information content (AvgIpc) is 3.10. The summed E-state index contributed by atoms with van der Waals surface area (Å²) >= 11 is 0. The number of nitrogen functional groups attached to an aromatic ring is 1. The number of amides is 2. The van der Waals surface area contributed by atoms with Crippen molar-refractivity contribution in [3.63, 3.8) is 0 Å². The Morgan fingerprint density at radius 1 is 1.38 bits per heavy atom. The molecule has 6 N–H and O–H groups in total. The molecule has 0 saturated carbocycles. The van der Waals surface area contributed by atoms with Gasteiger partial charge < -0.3 is 26.0 Å². The van der Waals surface area contributed by atoms with E-state index in [1.165, 1.54) is 17.2 Å². The Labute approximate surface area is 133 Å². The molecule has 3 heterocycles. The molecule has 1 fully saturated rings. The van der Waals surface area contributed by atoms with E-state index in [-0.39, 0.29) is 12.4 Å². The molecule has 0 radical (unpaired) electrons. The molecule has 2 aromatic heterocycles. The van der Waals surface area contributed by atoms with E-state index in [0.717, 1.165) is 0 Å². The van der Waals surface area contributed by atoms with Crippen molar-refractivity contribution in [3.05, 3.63) is 17.6 Å². The summed E-state index contributed by atoms with van der Waals surface area (Å²) < 4.78 is 6.99. The number of fused-ring (bicyclic) bond motifs is 1.